The van der Waals surface area contributed by atoms with Crippen LogP contribution in [0.4, 0.5) is 0 Å². The van der Waals surface area contributed by atoms with E-state index in [1.807, 2.05) is 0 Å². The van der Waals surface area contributed by atoms with E-state index < -0.39 is 16.0 Å². The largest absolute Gasteiger partial charge is 0.477 e. The summed E-state index contributed by atoms with van der Waals surface area (Å²) in [6, 6.07) is 10.7. The fourth-order valence-electron chi connectivity index (χ4n) is 2.27. The van der Waals surface area contributed by atoms with Crippen LogP contribution in [0.25, 0.3) is 11.0 Å². The maximum Gasteiger partial charge on any atom is 0.353 e. The molecule has 6 nitrogen and oxygen atoms in total. The zero-order chi connectivity index (χ0) is 15.9. The maximum atomic E-state index is 12.8. The second-order valence-electron chi connectivity index (χ2n) is 4.84. The van der Waals surface area contributed by atoms with Crippen molar-refractivity contribution in [3.63, 3.8) is 0 Å². The smallest absolute Gasteiger partial charge is 0.353 e. The van der Waals surface area contributed by atoms with E-state index in [1.54, 1.807) is 31.2 Å². The average Bonchev–Trinajstić information content (AvgIpc) is 2.87. The Morgan fingerprint density at radius 1 is 1.18 bits per heavy atom. The molecule has 0 saturated heterocycles. The van der Waals surface area contributed by atoms with Crippen molar-refractivity contribution in [1.29, 1.82) is 0 Å². The van der Waals surface area contributed by atoms with Crippen LogP contribution in [-0.4, -0.2) is 28.5 Å². The number of aromatic nitrogens is 2. The molecule has 1 aromatic carbocycles. The van der Waals surface area contributed by atoms with Gasteiger partial charge in [0.05, 0.1) is 4.90 Å². The summed E-state index contributed by atoms with van der Waals surface area (Å²) in [5.74, 6) is -1.32. The van der Waals surface area contributed by atoms with E-state index in [4.69, 9.17) is 0 Å². The summed E-state index contributed by atoms with van der Waals surface area (Å²) < 4.78 is 26.3. The van der Waals surface area contributed by atoms with Crippen molar-refractivity contribution < 1.29 is 18.3 Å². The number of carboxylic acid groups (broad SMARTS) is 1. The minimum atomic E-state index is -4.04. The number of nitrogens with zero attached hydrogens (tertiary/aromatic N) is 2. The molecule has 2 aromatic heterocycles. The van der Waals surface area contributed by atoms with Crippen LogP contribution < -0.4 is 0 Å². The van der Waals surface area contributed by atoms with Gasteiger partial charge in [-0.05, 0) is 36.8 Å². The van der Waals surface area contributed by atoms with Gasteiger partial charge in [0.2, 0.25) is 0 Å². The molecule has 0 atom stereocenters. The SMILES string of the molecule is Cc1cnc2c(c1)cc(C(=O)O)n2S(=O)(=O)c1ccccc1. The predicted octanol–water partition coefficient (Wildman–Crippen LogP) is 2.28. The number of carboxylic acids is 1. The van der Waals surface area contributed by atoms with Crippen LogP contribution in [0, 0.1) is 6.92 Å². The molecule has 0 aliphatic carbocycles. The topological polar surface area (TPSA) is 89.3 Å². The van der Waals surface area contributed by atoms with Gasteiger partial charge in [-0.3, -0.25) is 0 Å². The fraction of sp³-hybridized carbons (Fsp3) is 0.0667. The molecule has 2 heterocycles. The molecule has 0 aliphatic rings. The summed E-state index contributed by atoms with van der Waals surface area (Å²) in [5.41, 5.74) is 0.586. The lowest BCUT2D eigenvalue weighted by Crippen LogP contribution is -2.18. The highest BCUT2D eigenvalue weighted by atomic mass is 32.2. The van der Waals surface area contributed by atoms with E-state index >= 15 is 0 Å². The summed E-state index contributed by atoms with van der Waals surface area (Å²) >= 11 is 0. The van der Waals surface area contributed by atoms with Gasteiger partial charge >= 0.3 is 5.97 Å². The number of carbonyl (C=O) groups is 1. The third-order valence-corrected chi connectivity index (χ3v) is 4.95. The van der Waals surface area contributed by atoms with Gasteiger partial charge in [0.1, 0.15) is 5.69 Å². The van der Waals surface area contributed by atoms with Crippen molar-refractivity contribution in [3.05, 3.63) is 59.9 Å². The molecule has 0 amide bonds. The molecule has 0 bridgehead atoms. The van der Waals surface area contributed by atoms with Crippen LogP contribution in [0.5, 0.6) is 0 Å². The number of aryl methyl sites for hydroxylation is 1. The molecule has 1 N–H and O–H groups in total. The predicted molar refractivity (Wildman–Crippen MR) is 80.5 cm³/mol. The van der Waals surface area contributed by atoms with E-state index in [2.05, 4.69) is 4.98 Å². The Hall–Kier alpha value is -2.67. The molecular formula is C15H12N2O4S. The molecule has 0 unspecified atom stereocenters. The Balaban J connectivity index is 2.39. The number of rotatable bonds is 3. The summed E-state index contributed by atoms with van der Waals surface area (Å²) in [6.07, 6.45) is 1.50. The van der Waals surface area contributed by atoms with Crippen LogP contribution in [0.15, 0.2) is 53.6 Å². The van der Waals surface area contributed by atoms with Gasteiger partial charge in [-0.15, -0.1) is 0 Å². The lowest BCUT2D eigenvalue weighted by Gasteiger charge is -2.09. The van der Waals surface area contributed by atoms with Gasteiger partial charge in [0.15, 0.2) is 5.65 Å². The van der Waals surface area contributed by atoms with Gasteiger partial charge in [-0.1, -0.05) is 18.2 Å². The van der Waals surface area contributed by atoms with Gasteiger partial charge in [0, 0.05) is 11.6 Å². The standard InChI is InChI=1S/C15H12N2O4S/c1-10-7-11-8-13(15(18)19)17(14(11)16-9-10)22(20,21)12-5-3-2-4-6-12/h2-9H,1H3,(H,18,19). The van der Waals surface area contributed by atoms with E-state index in [0.29, 0.717) is 5.39 Å². The van der Waals surface area contributed by atoms with E-state index in [9.17, 15) is 18.3 Å². The Kier molecular flexibility index (Phi) is 3.22. The van der Waals surface area contributed by atoms with Crippen LogP contribution in [0.2, 0.25) is 0 Å². The molecular weight excluding hydrogens is 304 g/mol. The number of hydrogen-bond acceptors (Lipinski definition) is 4. The first kappa shape index (κ1) is 14.3. The highest BCUT2D eigenvalue weighted by Gasteiger charge is 2.26. The van der Waals surface area contributed by atoms with E-state index in [0.717, 1.165) is 9.54 Å². The molecule has 22 heavy (non-hydrogen) atoms. The monoisotopic (exact) mass is 316 g/mol. The summed E-state index contributed by atoms with van der Waals surface area (Å²) in [5, 5.41) is 9.80. The Labute approximate surface area is 126 Å². The van der Waals surface area contributed by atoms with Gasteiger partial charge in [0.25, 0.3) is 10.0 Å². The summed E-state index contributed by atoms with van der Waals surface area (Å²) in [7, 11) is -4.04. The second-order valence-corrected chi connectivity index (χ2v) is 6.63. The minimum Gasteiger partial charge on any atom is -0.477 e. The number of pyridine rings is 1. The van der Waals surface area contributed by atoms with Crippen molar-refractivity contribution >= 4 is 27.0 Å². The quantitative estimate of drug-likeness (QED) is 0.800. The van der Waals surface area contributed by atoms with Crippen LogP contribution in [-0.2, 0) is 10.0 Å². The molecule has 0 saturated carbocycles. The molecule has 0 fully saturated rings. The first-order valence-corrected chi connectivity index (χ1v) is 7.87. The second kappa shape index (κ2) is 4.96. The minimum absolute atomic E-state index is 0.0115. The Bertz CT molecular complexity index is 975. The lowest BCUT2D eigenvalue weighted by atomic mass is 10.2. The summed E-state index contributed by atoms with van der Waals surface area (Å²) in [6.45, 7) is 1.80. The molecule has 112 valence electrons. The Morgan fingerprint density at radius 2 is 1.86 bits per heavy atom. The van der Waals surface area contributed by atoms with Gasteiger partial charge in [-0.25, -0.2) is 22.2 Å². The van der Waals surface area contributed by atoms with Gasteiger partial charge in [-0.2, -0.15) is 0 Å². The number of fused-ring (bicyclic) bond motifs is 1. The lowest BCUT2D eigenvalue weighted by molar-refractivity contribution is 0.0689. The van der Waals surface area contributed by atoms with Crippen molar-refractivity contribution in [2.75, 3.05) is 0 Å². The maximum absolute atomic E-state index is 12.8. The third kappa shape index (κ3) is 2.15. The first-order chi connectivity index (χ1) is 10.4. The number of aromatic carboxylic acids is 1. The fourth-order valence-corrected chi connectivity index (χ4v) is 3.75. The van der Waals surface area contributed by atoms with Crippen LogP contribution >= 0.6 is 0 Å². The molecule has 0 spiro atoms. The summed E-state index contributed by atoms with van der Waals surface area (Å²) in [4.78, 5) is 15.5. The van der Waals surface area contributed by atoms with Crippen molar-refractivity contribution in [3.8, 4) is 0 Å². The number of benzene rings is 1. The highest BCUT2D eigenvalue weighted by molar-refractivity contribution is 7.90. The molecule has 3 rings (SSSR count). The average molecular weight is 316 g/mol. The number of hydrogen-bond donors (Lipinski definition) is 1. The Morgan fingerprint density at radius 3 is 2.50 bits per heavy atom. The molecule has 3 aromatic rings. The van der Waals surface area contributed by atoms with Gasteiger partial charge < -0.3 is 5.11 Å². The van der Waals surface area contributed by atoms with Crippen LogP contribution in [0.3, 0.4) is 0 Å². The van der Waals surface area contributed by atoms with E-state index in [1.165, 1.54) is 24.4 Å². The molecule has 0 radical (unpaired) electrons. The third-order valence-electron chi connectivity index (χ3n) is 3.24. The molecule has 0 aliphatic heterocycles. The normalized spacial score (nSPS) is 11.7. The van der Waals surface area contributed by atoms with Crippen molar-refractivity contribution in [2.24, 2.45) is 0 Å². The van der Waals surface area contributed by atoms with E-state index in [-0.39, 0.29) is 16.2 Å². The molecule has 7 heteroatoms. The zero-order valence-electron chi connectivity index (χ0n) is 11.6. The van der Waals surface area contributed by atoms with Crippen molar-refractivity contribution in [2.45, 2.75) is 11.8 Å². The van der Waals surface area contributed by atoms with Crippen LogP contribution in [0.1, 0.15) is 16.1 Å². The zero-order valence-corrected chi connectivity index (χ0v) is 12.4. The van der Waals surface area contributed by atoms with Crippen molar-refractivity contribution in [1.82, 2.24) is 8.96 Å². The highest BCUT2D eigenvalue weighted by Crippen LogP contribution is 2.25. The first-order valence-electron chi connectivity index (χ1n) is 6.43.